The fourth-order valence-corrected chi connectivity index (χ4v) is 2.24. The van der Waals surface area contributed by atoms with E-state index in [2.05, 4.69) is 15.9 Å². The Kier molecular flexibility index (Phi) is 1.97. The largest absolute Gasteiger partial charge is 0.293 e. The molecule has 62 valence electrons. The molecule has 1 aliphatic rings. The van der Waals surface area contributed by atoms with E-state index in [1.807, 2.05) is 24.3 Å². The van der Waals surface area contributed by atoms with Crippen LogP contribution in [0.25, 0.3) is 0 Å². The molecule has 0 N–H and O–H groups in total. The molecule has 0 saturated heterocycles. The van der Waals surface area contributed by atoms with Gasteiger partial charge in [-0.25, -0.2) is 0 Å². The van der Waals surface area contributed by atoms with E-state index in [0.29, 0.717) is 0 Å². The monoisotopic (exact) mass is 244 g/mol. The molecule has 0 bridgehead atoms. The van der Waals surface area contributed by atoms with Crippen molar-refractivity contribution < 1.29 is 4.79 Å². The number of Topliss-reactive ketones (excluding diaryl/α,β-unsaturated/α-hetero) is 1. The molecule has 0 unspecified atom stereocenters. The molecule has 12 heavy (non-hydrogen) atoms. The molecule has 2 atom stereocenters. The van der Waals surface area contributed by atoms with Gasteiger partial charge in [0.05, 0.1) is 10.2 Å². The fraction of sp³-hybridized carbons (Fsp3) is 0.222. The maximum Gasteiger partial charge on any atom is 0.178 e. The highest BCUT2D eigenvalue weighted by atomic mass is 79.9. The van der Waals surface area contributed by atoms with Crippen LogP contribution in [-0.4, -0.2) is 10.6 Å². The molecule has 2 rings (SSSR count). The summed E-state index contributed by atoms with van der Waals surface area (Å²) in [5.41, 5.74) is 1.69. The second-order valence-electron chi connectivity index (χ2n) is 2.76. The third-order valence-corrected chi connectivity index (χ3v) is 3.77. The molecule has 1 nitrogen and oxygen atoms in total. The Morgan fingerprint density at radius 2 is 2.00 bits per heavy atom. The summed E-state index contributed by atoms with van der Waals surface area (Å²) in [6.45, 7) is 0. The van der Waals surface area contributed by atoms with Gasteiger partial charge in [-0.3, -0.25) is 4.79 Å². The Balaban J connectivity index is 2.59. The van der Waals surface area contributed by atoms with E-state index in [1.165, 1.54) is 0 Å². The summed E-state index contributed by atoms with van der Waals surface area (Å²) < 4.78 is 0. The predicted octanol–water partition coefficient (Wildman–Crippen LogP) is 2.93. The molecule has 3 heteroatoms. The van der Waals surface area contributed by atoms with Crippen molar-refractivity contribution in [3.63, 3.8) is 0 Å². The molecule has 0 aliphatic heterocycles. The summed E-state index contributed by atoms with van der Waals surface area (Å²) >= 11 is 9.29. The number of hydrogen-bond acceptors (Lipinski definition) is 1. The van der Waals surface area contributed by atoms with Crippen LogP contribution < -0.4 is 0 Å². The Bertz CT molecular complexity index is 337. The van der Waals surface area contributed by atoms with E-state index in [4.69, 9.17) is 11.6 Å². The Labute approximate surface area is 83.9 Å². The van der Waals surface area contributed by atoms with Crippen molar-refractivity contribution in [2.24, 2.45) is 0 Å². The van der Waals surface area contributed by atoms with Crippen LogP contribution in [-0.2, 0) is 0 Å². The van der Waals surface area contributed by atoms with E-state index in [-0.39, 0.29) is 16.0 Å². The highest BCUT2D eigenvalue weighted by Crippen LogP contribution is 2.39. The highest BCUT2D eigenvalue weighted by molar-refractivity contribution is 9.10. The summed E-state index contributed by atoms with van der Waals surface area (Å²) in [6.07, 6.45) is 0. The maximum atomic E-state index is 11.5. The number of rotatable bonds is 0. The standard InChI is InChI=1S/C9H6BrClO/c10-7-8(11)5-3-1-2-4-6(5)9(7)12/h1-4,7-8H/t7-,8+/m1/s1. The molecule has 1 aromatic rings. The van der Waals surface area contributed by atoms with Crippen molar-refractivity contribution in [1.29, 1.82) is 0 Å². The molecule has 1 aliphatic carbocycles. The second-order valence-corrected chi connectivity index (χ2v) is 4.21. The van der Waals surface area contributed by atoms with Crippen molar-refractivity contribution in [3.05, 3.63) is 35.4 Å². The van der Waals surface area contributed by atoms with E-state index in [9.17, 15) is 4.79 Å². The molecule has 0 spiro atoms. The Morgan fingerprint density at radius 1 is 1.33 bits per heavy atom. The summed E-state index contributed by atoms with van der Waals surface area (Å²) in [4.78, 5) is 11.2. The van der Waals surface area contributed by atoms with Crippen molar-refractivity contribution in [2.75, 3.05) is 0 Å². The Hall–Kier alpha value is -0.340. The van der Waals surface area contributed by atoms with Gasteiger partial charge in [0.1, 0.15) is 0 Å². The van der Waals surface area contributed by atoms with Crippen LogP contribution in [0, 0.1) is 0 Å². The quantitative estimate of drug-likeness (QED) is 0.642. The van der Waals surface area contributed by atoms with Crippen LogP contribution in [0.4, 0.5) is 0 Å². The number of halogens is 2. The minimum atomic E-state index is -0.253. The lowest BCUT2D eigenvalue weighted by Gasteiger charge is -2.02. The topological polar surface area (TPSA) is 17.1 Å². The zero-order valence-corrected chi connectivity index (χ0v) is 8.47. The van der Waals surface area contributed by atoms with Crippen LogP contribution in [0.1, 0.15) is 21.3 Å². The summed E-state index contributed by atoms with van der Waals surface area (Å²) in [7, 11) is 0. The lowest BCUT2D eigenvalue weighted by Crippen LogP contribution is -2.08. The molecule has 0 radical (unpaired) electrons. The van der Waals surface area contributed by atoms with Gasteiger partial charge in [-0.15, -0.1) is 11.6 Å². The number of benzene rings is 1. The van der Waals surface area contributed by atoms with E-state index >= 15 is 0 Å². The molecular formula is C9H6BrClO. The van der Waals surface area contributed by atoms with Gasteiger partial charge in [-0.2, -0.15) is 0 Å². The van der Waals surface area contributed by atoms with Gasteiger partial charge in [0.25, 0.3) is 0 Å². The van der Waals surface area contributed by atoms with Gasteiger partial charge in [0.15, 0.2) is 5.78 Å². The Morgan fingerprint density at radius 3 is 2.67 bits per heavy atom. The first-order valence-electron chi connectivity index (χ1n) is 3.63. The number of fused-ring (bicyclic) bond motifs is 1. The van der Waals surface area contributed by atoms with Gasteiger partial charge in [-0.1, -0.05) is 40.2 Å². The summed E-state index contributed by atoms with van der Waals surface area (Å²) in [5.74, 6) is 0.0885. The second kappa shape index (κ2) is 2.86. The number of hydrogen-bond donors (Lipinski definition) is 0. The average molecular weight is 246 g/mol. The number of carbonyl (C=O) groups is 1. The normalized spacial score (nSPS) is 27.3. The van der Waals surface area contributed by atoms with Gasteiger partial charge < -0.3 is 0 Å². The summed E-state index contributed by atoms with van der Waals surface area (Å²) in [5, 5.41) is -0.214. The third kappa shape index (κ3) is 1.02. The number of alkyl halides is 2. The van der Waals surface area contributed by atoms with Crippen molar-refractivity contribution in [1.82, 2.24) is 0 Å². The van der Waals surface area contributed by atoms with E-state index in [1.54, 1.807) is 0 Å². The minimum absolute atomic E-state index is 0.0885. The lowest BCUT2D eigenvalue weighted by atomic mass is 10.1. The van der Waals surface area contributed by atoms with Crippen LogP contribution in [0.15, 0.2) is 24.3 Å². The van der Waals surface area contributed by atoms with Crippen LogP contribution in [0.3, 0.4) is 0 Å². The maximum absolute atomic E-state index is 11.5. The van der Waals surface area contributed by atoms with Crippen molar-refractivity contribution >= 4 is 33.3 Å². The highest BCUT2D eigenvalue weighted by Gasteiger charge is 2.36. The number of ketones is 1. The fourth-order valence-electron chi connectivity index (χ4n) is 1.40. The van der Waals surface area contributed by atoms with Gasteiger partial charge in [-0.05, 0) is 5.56 Å². The molecule has 0 heterocycles. The summed E-state index contributed by atoms with van der Waals surface area (Å²) in [6, 6.07) is 7.46. The van der Waals surface area contributed by atoms with Crippen LogP contribution in [0.2, 0.25) is 0 Å². The first kappa shape index (κ1) is 8.27. The van der Waals surface area contributed by atoms with Gasteiger partial charge in [0.2, 0.25) is 0 Å². The first-order chi connectivity index (χ1) is 5.72. The zero-order valence-electron chi connectivity index (χ0n) is 6.13. The van der Waals surface area contributed by atoms with Crippen molar-refractivity contribution in [2.45, 2.75) is 10.2 Å². The van der Waals surface area contributed by atoms with Gasteiger partial charge in [0, 0.05) is 5.56 Å². The molecule has 0 fully saturated rings. The lowest BCUT2D eigenvalue weighted by molar-refractivity contribution is 0.100. The van der Waals surface area contributed by atoms with E-state index < -0.39 is 0 Å². The minimum Gasteiger partial charge on any atom is -0.293 e. The molecule has 0 saturated carbocycles. The number of carbonyl (C=O) groups excluding carboxylic acids is 1. The molecule has 1 aromatic carbocycles. The SMILES string of the molecule is O=C1c2ccccc2[C@H](Cl)[C@H]1Br. The van der Waals surface area contributed by atoms with E-state index in [0.717, 1.165) is 11.1 Å². The van der Waals surface area contributed by atoms with Gasteiger partial charge >= 0.3 is 0 Å². The third-order valence-electron chi connectivity index (χ3n) is 2.03. The van der Waals surface area contributed by atoms with Crippen LogP contribution >= 0.6 is 27.5 Å². The molecule has 0 amide bonds. The predicted molar refractivity (Wildman–Crippen MR) is 52.1 cm³/mol. The van der Waals surface area contributed by atoms with Crippen LogP contribution in [0.5, 0.6) is 0 Å². The average Bonchev–Trinajstić information content (AvgIpc) is 2.33. The molecule has 0 aromatic heterocycles. The first-order valence-corrected chi connectivity index (χ1v) is 4.98. The molecular weight excluding hydrogens is 239 g/mol. The smallest absolute Gasteiger partial charge is 0.178 e. The zero-order chi connectivity index (χ0) is 8.72. The van der Waals surface area contributed by atoms with Crippen molar-refractivity contribution in [3.8, 4) is 0 Å².